The second kappa shape index (κ2) is 12.8. The Morgan fingerprint density at radius 1 is 1.15 bits per heavy atom. The van der Waals surface area contributed by atoms with Gasteiger partial charge in [-0.25, -0.2) is 9.78 Å². The number of carboxylic acids is 2. The van der Waals surface area contributed by atoms with E-state index in [2.05, 4.69) is 48.5 Å². The molecule has 0 aliphatic carbocycles. The van der Waals surface area contributed by atoms with E-state index in [0.717, 1.165) is 5.82 Å². The summed E-state index contributed by atoms with van der Waals surface area (Å²) in [6.45, 7) is 8.56. The second-order valence-corrected chi connectivity index (χ2v) is 7.52. The summed E-state index contributed by atoms with van der Waals surface area (Å²) in [6, 6.07) is 7.90. The molecule has 1 unspecified atom stereocenters. The molecule has 0 bridgehead atoms. The van der Waals surface area contributed by atoms with Crippen molar-refractivity contribution in [2.45, 2.75) is 46.8 Å². The van der Waals surface area contributed by atoms with Crippen molar-refractivity contribution in [1.29, 1.82) is 0 Å². The van der Waals surface area contributed by atoms with Crippen molar-refractivity contribution >= 4 is 35.2 Å². The molecule has 0 aliphatic rings. The number of aliphatic carboxylic acids is 2. The number of aromatic nitrogens is 1. The van der Waals surface area contributed by atoms with Crippen LogP contribution in [-0.4, -0.2) is 34.2 Å². The van der Waals surface area contributed by atoms with Gasteiger partial charge in [0.2, 0.25) is 17.5 Å². The minimum absolute atomic E-state index is 0.0332. The van der Waals surface area contributed by atoms with Crippen LogP contribution in [0.15, 0.2) is 36.4 Å². The van der Waals surface area contributed by atoms with E-state index >= 15 is 0 Å². The first-order valence-corrected chi connectivity index (χ1v) is 10.1. The van der Waals surface area contributed by atoms with Crippen molar-refractivity contribution < 1.29 is 34.7 Å². The molecule has 0 saturated carbocycles. The number of aliphatic hydroxyl groups excluding tert-OH is 1. The number of nitrogen functional groups attached to an aromatic ring is 1. The lowest BCUT2D eigenvalue weighted by atomic mass is 10.00. The molecule has 0 spiro atoms. The molecule has 2 rings (SSSR count). The quantitative estimate of drug-likeness (QED) is 0.359. The maximum Gasteiger partial charge on any atom is 0.328 e. The smallest absolute Gasteiger partial charge is 0.328 e. The van der Waals surface area contributed by atoms with Crippen LogP contribution in [0.3, 0.4) is 0 Å². The van der Waals surface area contributed by atoms with Gasteiger partial charge in [-0.15, -0.1) is 0 Å². The van der Waals surface area contributed by atoms with Crippen LogP contribution in [-0.2, 0) is 20.9 Å². The Kier molecular flexibility index (Phi) is 10.5. The summed E-state index contributed by atoms with van der Waals surface area (Å²) in [6.07, 6.45) is 0.287. The molecule has 1 aromatic carbocycles. The maximum absolute atomic E-state index is 11.7. The van der Waals surface area contributed by atoms with E-state index < -0.39 is 18.0 Å². The van der Waals surface area contributed by atoms with E-state index in [9.17, 15) is 24.6 Å². The van der Waals surface area contributed by atoms with Crippen molar-refractivity contribution in [1.82, 2.24) is 0 Å². The first-order valence-electron chi connectivity index (χ1n) is 10.1. The summed E-state index contributed by atoms with van der Waals surface area (Å²) in [5, 5.41) is 32.5. The Hall–Kier alpha value is -3.92. The van der Waals surface area contributed by atoms with Crippen LogP contribution in [0.2, 0.25) is 0 Å². The average molecular weight is 459 g/mol. The largest absolute Gasteiger partial charge is 0.545 e. The van der Waals surface area contributed by atoms with Crippen LogP contribution >= 0.6 is 0 Å². The molecule has 10 heteroatoms. The molecule has 0 aliphatic heterocycles. The van der Waals surface area contributed by atoms with Gasteiger partial charge in [-0.2, -0.15) is 0 Å². The number of benzene rings is 1. The monoisotopic (exact) mass is 458 g/mol. The van der Waals surface area contributed by atoms with E-state index in [1.807, 2.05) is 6.07 Å². The van der Waals surface area contributed by atoms with Crippen LogP contribution in [0.5, 0.6) is 0 Å². The number of nitrogens with two attached hydrogens (primary N) is 1. The van der Waals surface area contributed by atoms with Crippen LogP contribution in [0.25, 0.3) is 0 Å². The molecular weight excluding hydrogens is 428 g/mol. The number of aliphatic hydroxyl groups is 1. The Bertz CT molecular complexity index is 995. The molecule has 1 aromatic heterocycles. The number of hydrogen-bond acceptors (Lipinski definition) is 7. The molecule has 1 amide bonds. The van der Waals surface area contributed by atoms with E-state index in [4.69, 9.17) is 10.8 Å². The third-order valence-electron chi connectivity index (χ3n) is 4.39. The average Bonchev–Trinajstić information content (AvgIpc) is 2.67. The molecule has 33 heavy (non-hydrogen) atoms. The van der Waals surface area contributed by atoms with Gasteiger partial charge >= 0.3 is 5.97 Å². The Balaban J connectivity index is 0.000000582. The van der Waals surface area contributed by atoms with Crippen LogP contribution in [0.1, 0.15) is 35.6 Å². The van der Waals surface area contributed by atoms with Gasteiger partial charge in [-0.3, -0.25) is 4.79 Å². The van der Waals surface area contributed by atoms with E-state index in [0.29, 0.717) is 30.2 Å². The number of amides is 1. The highest BCUT2D eigenvalue weighted by atomic mass is 16.4. The van der Waals surface area contributed by atoms with Gasteiger partial charge in [0.05, 0.1) is 25.0 Å². The zero-order valence-electron chi connectivity index (χ0n) is 19.1. The lowest BCUT2D eigenvalue weighted by molar-refractivity contribution is -0.342. The number of pyridine rings is 1. The molecule has 0 fully saturated rings. The predicted molar refractivity (Wildman–Crippen MR) is 122 cm³/mol. The first kappa shape index (κ1) is 27.1. The van der Waals surface area contributed by atoms with Crippen LogP contribution in [0.4, 0.5) is 17.3 Å². The highest BCUT2D eigenvalue weighted by Gasteiger charge is 2.12. The molecule has 10 nitrogen and oxygen atoms in total. The number of aromatic amines is 1. The fourth-order valence-electron chi connectivity index (χ4n) is 3.00. The highest BCUT2D eigenvalue weighted by molar-refractivity contribution is 5.93. The van der Waals surface area contributed by atoms with Crippen molar-refractivity contribution in [2.24, 2.45) is 0 Å². The summed E-state index contributed by atoms with van der Waals surface area (Å²) in [5.74, 6) is -1.95. The number of nitrogens with one attached hydrogen (secondary N) is 3. The molecule has 1 heterocycles. The van der Waals surface area contributed by atoms with Gasteiger partial charge in [0.25, 0.3) is 0 Å². The molecule has 0 radical (unpaired) electrons. The zero-order valence-corrected chi connectivity index (χ0v) is 19.1. The Morgan fingerprint density at radius 2 is 1.76 bits per heavy atom. The summed E-state index contributed by atoms with van der Waals surface area (Å²) < 4.78 is 0. The van der Waals surface area contributed by atoms with Gasteiger partial charge in [0.1, 0.15) is 5.69 Å². The Morgan fingerprint density at radius 3 is 2.21 bits per heavy atom. The topological polar surface area (TPSA) is 179 Å². The molecule has 2 aromatic rings. The fourth-order valence-corrected chi connectivity index (χ4v) is 3.00. The summed E-state index contributed by atoms with van der Waals surface area (Å²) >= 11 is 0. The number of aryl methyl sites for hydroxylation is 3. The molecular formula is C23H30N4O6. The third kappa shape index (κ3) is 10.3. The number of carbonyl (C=O) groups is 3. The van der Waals surface area contributed by atoms with E-state index in [-0.39, 0.29) is 12.3 Å². The number of hydrogen-bond donors (Lipinski definition) is 5. The summed E-state index contributed by atoms with van der Waals surface area (Å²) in [5.41, 5.74) is 11.5. The van der Waals surface area contributed by atoms with Gasteiger partial charge < -0.3 is 36.5 Å². The highest BCUT2D eigenvalue weighted by Crippen LogP contribution is 2.19. The lowest BCUT2D eigenvalue weighted by Gasteiger charge is -2.11. The molecule has 7 N–H and O–H groups in total. The zero-order chi connectivity index (χ0) is 25.1. The number of carbonyl (C=O) groups excluding carboxylic acids is 2. The van der Waals surface area contributed by atoms with Crippen molar-refractivity contribution in [3.8, 4) is 0 Å². The minimum Gasteiger partial charge on any atom is -0.545 e. The predicted octanol–water partition coefficient (Wildman–Crippen LogP) is 0.707. The molecule has 178 valence electrons. The van der Waals surface area contributed by atoms with Crippen LogP contribution in [0, 0.1) is 20.8 Å². The number of carboxylic acid groups (broad SMARTS) is 2. The van der Waals surface area contributed by atoms with Gasteiger partial charge in [-0.05, 0) is 56.5 Å². The SMILES string of the molecule is Cc1cc(C)c(CNc2ccc(NC(=O)CC(C)O)c(N)[nH+]2)c(C)c1.O=C([O-])/C=C/C(=O)O. The normalized spacial score (nSPS) is 11.3. The minimum atomic E-state index is -1.51. The van der Waals surface area contributed by atoms with Crippen LogP contribution < -0.4 is 26.5 Å². The summed E-state index contributed by atoms with van der Waals surface area (Å²) in [4.78, 5) is 33.7. The first-order chi connectivity index (χ1) is 15.4. The number of anilines is 3. The summed E-state index contributed by atoms with van der Waals surface area (Å²) in [7, 11) is 0. The maximum atomic E-state index is 11.7. The van der Waals surface area contributed by atoms with Crippen molar-refractivity contribution in [3.05, 3.63) is 58.7 Å². The molecule has 0 saturated heterocycles. The van der Waals surface area contributed by atoms with Crippen molar-refractivity contribution in [3.63, 3.8) is 0 Å². The Labute approximate surface area is 192 Å². The van der Waals surface area contributed by atoms with Gasteiger partial charge in [0, 0.05) is 12.1 Å². The van der Waals surface area contributed by atoms with Gasteiger partial charge in [-0.1, -0.05) is 17.7 Å². The van der Waals surface area contributed by atoms with E-state index in [1.54, 1.807) is 13.0 Å². The second-order valence-electron chi connectivity index (χ2n) is 7.52. The molecule has 1 atom stereocenters. The van der Waals surface area contributed by atoms with Crippen molar-refractivity contribution in [2.75, 3.05) is 16.4 Å². The van der Waals surface area contributed by atoms with Gasteiger partial charge in [0.15, 0.2) is 0 Å². The third-order valence-corrected chi connectivity index (χ3v) is 4.39. The fraction of sp³-hybridized carbons (Fsp3) is 0.304. The number of H-pyrrole nitrogens is 1. The standard InChI is InChI=1S/C19H26N4O2.C4H4O4/c1-11-7-12(2)15(13(3)8-11)10-21-17-6-5-16(19(20)23-17)22-18(25)9-14(4)24;5-3(6)1-2-4(7)8/h5-8,14,24H,9-10H2,1-4H3,(H,22,25)(H3,20,21,23);1-2H,(H,5,6)(H,7,8)/b;2-1+. The number of rotatable bonds is 8. The lowest BCUT2D eigenvalue weighted by Crippen LogP contribution is -2.23. The van der Waals surface area contributed by atoms with E-state index in [1.165, 1.54) is 22.3 Å².